The summed E-state index contributed by atoms with van der Waals surface area (Å²) in [6.45, 7) is 10.1. The first kappa shape index (κ1) is 14.2. The lowest BCUT2D eigenvalue weighted by Crippen LogP contribution is -2.24. The maximum Gasteiger partial charge on any atom is 0.330 e. The molecule has 0 bridgehead atoms. The van der Waals surface area contributed by atoms with Crippen LogP contribution in [0.15, 0.2) is 37.5 Å². The van der Waals surface area contributed by atoms with Crippen molar-refractivity contribution in [3.8, 4) is 0 Å². The normalized spacial score (nSPS) is 10.9. The molecule has 0 heterocycles. The van der Waals surface area contributed by atoms with Gasteiger partial charge in [0.15, 0.2) is 0 Å². The van der Waals surface area contributed by atoms with Gasteiger partial charge in [0, 0.05) is 12.2 Å². The van der Waals surface area contributed by atoms with E-state index in [4.69, 9.17) is 9.47 Å². The van der Waals surface area contributed by atoms with Crippen molar-refractivity contribution in [3.05, 3.63) is 37.5 Å². The van der Waals surface area contributed by atoms with Gasteiger partial charge in [-0.3, -0.25) is 0 Å². The lowest BCUT2D eigenvalue weighted by molar-refractivity contribution is -0.146. The zero-order valence-corrected chi connectivity index (χ0v) is 9.56. The van der Waals surface area contributed by atoms with E-state index in [1.807, 2.05) is 0 Å². The van der Waals surface area contributed by atoms with E-state index in [0.717, 1.165) is 12.2 Å². The quantitative estimate of drug-likeness (QED) is 0.392. The summed E-state index contributed by atoms with van der Waals surface area (Å²) in [5.41, 5.74) is -0.758. The molecule has 4 heteroatoms. The summed E-state index contributed by atoms with van der Waals surface area (Å²) in [4.78, 5) is 21.6. The molecule has 0 aromatic rings. The van der Waals surface area contributed by atoms with Crippen LogP contribution in [0.2, 0.25) is 0 Å². The molecule has 0 saturated carbocycles. The third-order valence-corrected chi connectivity index (χ3v) is 1.54. The summed E-state index contributed by atoms with van der Waals surface area (Å²) in [5, 5.41) is 0. The molecule has 16 heavy (non-hydrogen) atoms. The summed E-state index contributed by atoms with van der Waals surface area (Å²) < 4.78 is 9.73. The maximum atomic E-state index is 10.9. The molecule has 4 nitrogen and oxygen atoms in total. The van der Waals surface area contributed by atoms with Crippen LogP contribution in [0.1, 0.15) is 13.8 Å². The molecular weight excluding hydrogens is 208 g/mol. The first-order valence-electron chi connectivity index (χ1n) is 4.73. The lowest BCUT2D eigenvalue weighted by atomic mass is 10.1. The molecule has 0 saturated heterocycles. The van der Waals surface area contributed by atoms with E-state index in [2.05, 4.69) is 13.2 Å². The summed E-state index contributed by atoms with van der Waals surface area (Å²) >= 11 is 0. The van der Waals surface area contributed by atoms with Crippen LogP contribution in [0.4, 0.5) is 0 Å². The van der Waals surface area contributed by atoms with Crippen LogP contribution in [0, 0.1) is 0 Å². The monoisotopic (exact) mass is 224 g/mol. The van der Waals surface area contributed by atoms with Gasteiger partial charge in [-0.2, -0.15) is 0 Å². The van der Waals surface area contributed by atoms with Crippen LogP contribution in [-0.4, -0.2) is 24.1 Å². The Labute approximate surface area is 95.2 Å². The van der Waals surface area contributed by atoms with E-state index in [9.17, 15) is 9.59 Å². The Morgan fingerprint density at radius 3 is 2.25 bits per heavy atom. The summed E-state index contributed by atoms with van der Waals surface area (Å²) in [5.74, 6) is -0.997. The van der Waals surface area contributed by atoms with Gasteiger partial charge in [-0.15, -0.1) is 0 Å². The maximum absolute atomic E-state index is 10.9. The fourth-order valence-electron chi connectivity index (χ4n) is 0.856. The Balaban J connectivity index is 4.09. The summed E-state index contributed by atoms with van der Waals surface area (Å²) in [6.07, 6.45) is 5.40. The summed E-state index contributed by atoms with van der Waals surface area (Å²) in [6, 6.07) is 0. The van der Waals surface area contributed by atoms with Crippen LogP contribution in [0.25, 0.3) is 0 Å². The van der Waals surface area contributed by atoms with Gasteiger partial charge in [0.1, 0.15) is 12.2 Å². The smallest absolute Gasteiger partial charge is 0.330 e. The van der Waals surface area contributed by atoms with Crippen molar-refractivity contribution >= 4 is 11.9 Å². The molecule has 0 radical (unpaired) electrons. The predicted octanol–water partition coefficient (Wildman–Crippen LogP) is 1.78. The Morgan fingerprint density at radius 2 is 1.75 bits per heavy atom. The van der Waals surface area contributed by atoms with Gasteiger partial charge in [0.05, 0.1) is 0 Å². The molecule has 0 amide bonds. The third-order valence-electron chi connectivity index (χ3n) is 1.54. The standard InChI is InChI=1S/C12H16O4/c1-5-10(13)15-9-7-8-12(3,4)16-11(14)6-2/h5-8H,1-2,9H2,3-4H3. The largest absolute Gasteiger partial charge is 0.458 e. The molecule has 0 N–H and O–H groups in total. The molecule has 0 aliphatic carbocycles. The van der Waals surface area contributed by atoms with E-state index in [1.54, 1.807) is 26.0 Å². The number of ether oxygens (including phenoxy) is 2. The number of rotatable bonds is 6. The van der Waals surface area contributed by atoms with Gasteiger partial charge in [0.2, 0.25) is 0 Å². The highest BCUT2D eigenvalue weighted by atomic mass is 16.6. The zero-order chi connectivity index (χ0) is 12.6. The van der Waals surface area contributed by atoms with Gasteiger partial charge in [0.25, 0.3) is 0 Å². The minimum absolute atomic E-state index is 0.111. The van der Waals surface area contributed by atoms with Crippen molar-refractivity contribution in [1.29, 1.82) is 0 Å². The van der Waals surface area contributed by atoms with Crippen molar-refractivity contribution in [2.24, 2.45) is 0 Å². The number of carbonyl (C=O) groups is 2. The molecule has 0 unspecified atom stereocenters. The zero-order valence-electron chi connectivity index (χ0n) is 9.56. The van der Waals surface area contributed by atoms with Crippen LogP contribution in [0.3, 0.4) is 0 Å². The fourth-order valence-corrected chi connectivity index (χ4v) is 0.856. The van der Waals surface area contributed by atoms with Crippen LogP contribution >= 0.6 is 0 Å². The number of esters is 2. The van der Waals surface area contributed by atoms with Gasteiger partial charge in [-0.25, -0.2) is 9.59 Å². The minimum Gasteiger partial charge on any atom is -0.458 e. The number of hydrogen-bond acceptors (Lipinski definition) is 4. The summed E-state index contributed by atoms with van der Waals surface area (Å²) in [7, 11) is 0. The molecule has 0 aliphatic heterocycles. The highest BCUT2D eigenvalue weighted by Gasteiger charge is 2.17. The van der Waals surface area contributed by atoms with Crippen molar-refractivity contribution in [2.45, 2.75) is 19.4 Å². The van der Waals surface area contributed by atoms with E-state index in [-0.39, 0.29) is 6.61 Å². The Kier molecular flexibility index (Phi) is 5.85. The van der Waals surface area contributed by atoms with Crippen molar-refractivity contribution in [1.82, 2.24) is 0 Å². The van der Waals surface area contributed by atoms with Crippen LogP contribution in [-0.2, 0) is 19.1 Å². The molecule has 88 valence electrons. The second-order valence-electron chi connectivity index (χ2n) is 3.47. The molecule has 0 aromatic carbocycles. The Morgan fingerprint density at radius 1 is 1.19 bits per heavy atom. The second kappa shape index (κ2) is 6.61. The van der Waals surface area contributed by atoms with Crippen molar-refractivity contribution in [3.63, 3.8) is 0 Å². The first-order valence-corrected chi connectivity index (χ1v) is 4.73. The molecule has 0 aromatic heterocycles. The lowest BCUT2D eigenvalue weighted by Gasteiger charge is -2.19. The van der Waals surface area contributed by atoms with E-state index in [0.29, 0.717) is 0 Å². The average Bonchev–Trinajstić information content (AvgIpc) is 2.23. The SMILES string of the molecule is C=CC(=O)OCC=CC(C)(C)OC(=O)C=C. The van der Waals surface area contributed by atoms with E-state index in [1.165, 1.54) is 0 Å². The van der Waals surface area contributed by atoms with Gasteiger partial charge in [-0.05, 0) is 26.0 Å². The van der Waals surface area contributed by atoms with Gasteiger partial charge >= 0.3 is 11.9 Å². The number of carbonyl (C=O) groups excluding carboxylic acids is 2. The third kappa shape index (κ3) is 6.59. The van der Waals surface area contributed by atoms with E-state index >= 15 is 0 Å². The molecule has 0 fully saturated rings. The van der Waals surface area contributed by atoms with Crippen LogP contribution < -0.4 is 0 Å². The topological polar surface area (TPSA) is 52.6 Å². The Bertz CT molecular complexity index is 313. The average molecular weight is 224 g/mol. The van der Waals surface area contributed by atoms with Crippen molar-refractivity contribution in [2.75, 3.05) is 6.61 Å². The highest BCUT2D eigenvalue weighted by molar-refractivity contribution is 5.82. The van der Waals surface area contributed by atoms with E-state index < -0.39 is 17.5 Å². The molecular formula is C12H16O4. The first-order chi connectivity index (χ1) is 7.41. The minimum atomic E-state index is -0.758. The molecule has 0 rings (SSSR count). The van der Waals surface area contributed by atoms with Gasteiger partial charge < -0.3 is 9.47 Å². The predicted molar refractivity (Wildman–Crippen MR) is 60.7 cm³/mol. The number of hydrogen-bond donors (Lipinski definition) is 0. The fraction of sp³-hybridized carbons (Fsp3) is 0.333. The molecule has 0 aliphatic rings. The molecule has 0 atom stereocenters. The van der Waals surface area contributed by atoms with Gasteiger partial charge in [-0.1, -0.05) is 13.2 Å². The molecule has 0 spiro atoms. The Hall–Kier alpha value is -1.84. The van der Waals surface area contributed by atoms with Crippen molar-refractivity contribution < 1.29 is 19.1 Å². The highest BCUT2D eigenvalue weighted by Crippen LogP contribution is 2.11. The van der Waals surface area contributed by atoms with Crippen LogP contribution in [0.5, 0.6) is 0 Å². The second-order valence-corrected chi connectivity index (χ2v) is 3.47.